The first-order valence-corrected chi connectivity index (χ1v) is 11.3. The molecule has 0 saturated heterocycles. The summed E-state index contributed by atoms with van der Waals surface area (Å²) >= 11 is 6.20. The van der Waals surface area contributed by atoms with Gasteiger partial charge in [0.05, 0.1) is 29.8 Å². The Labute approximate surface area is 197 Å². The van der Waals surface area contributed by atoms with Crippen molar-refractivity contribution in [3.05, 3.63) is 118 Å². The zero-order valence-corrected chi connectivity index (χ0v) is 18.6. The number of hydrogen-bond acceptors (Lipinski definition) is 4. The van der Waals surface area contributed by atoms with Crippen LogP contribution in [-0.4, -0.2) is 23.1 Å². The van der Waals surface area contributed by atoms with Crippen molar-refractivity contribution in [1.82, 2.24) is 0 Å². The number of benzene rings is 3. The molecule has 0 saturated carbocycles. The van der Waals surface area contributed by atoms with Gasteiger partial charge < -0.3 is 9.84 Å². The first kappa shape index (κ1) is 21.6. The standard InChI is InChI=1S/C28H22ClNO3/c29-21-11-9-20(10-12-21)28(33-23-14-13-22(31)16-23)25-4-2-1-3-24(25)27(32)26(28)15-18-5-7-19(17-30)8-6-18/h1-14,22-23,26,31H,15-16H2/t22-,23+,26?,28?/m1/s1. The monoisotopic (exact) mass is 455 g/mol. The summed E-state index contributed by atoms with van der Waals surface area (Å²) in [7, 11) is 0. The number of hydrogen-bond donors (Lipinski definition) is 1. The van der Waals surface area contributed by atoms with Crippen LogP contribution in [0.15, 0.2) is 84.9 Å². The van der Waals surface area contributed by atoms with Crippen LogP contribution >= 0.6 is 11.6 Å². The lowest BCUT2D eigenvalue weighted by Gasteiger charge is -2.38. The third-order valence-electron chi connectivity index (χ3n) is 6.55. The van der Waals surface area contributed by atoms with Gasteiger partial charge in [0, 0.05) is 17.0 Å². The molecule has 3 aromatic rings. The molecule has 0 aliphatic heterocycles. The molecule has 0 heterocycles. The molecule has 2 unspecified atom stereocenters. The Kier molecular flexibility index (Phi) is 5.64. The Morgan fingerprint density at radius 1 is 1.03 bits per heavy atom. The van der Waals surface area contributed by atoms with Gasteiger partial charge in [0.15, 0.2) is 5.78 Å². The van der Waals surface area contributed by atoms with Crippen molar-refractivity contribution in [3.63, 3.8) is 0 Å². The van der Waals surface area contributed by atoms with E-state index in [9.17, 15) is 9.90 Å². The van der Waals surface area contributed by atoms with E-state index >= 15 is 0 Å². The number of carbonyl (C=O) groups excluding carboxylic acids is 1. The number of ether oxygens (including phenoxy) is 1. The molecule has 0 radical (unpaired) electrons. The fourth-order valence-electron chi connectivity index (χ4n) is 5.01. The SMILES string of the molecule is N#Cc1ccc(CC2C(=O)c3ccccc3C2(O[C@H]2C=C[C@@H](O)C2)c2ccc(Cl)cc2)cc1. The minimum atomic E-state index is -1.04. The number of aliphatic hydroxyl groups excluding tert-OH is 1. The number of ketones is 1. The summed E-state index contributed by atoms with van der Waals surface area (Å²) < 4.78 is 6.82. The molecule has 0 amide bonds. The number of nitrogens with zero attached hydrogens (tertiary/aromatic N) is 1. The Hall–Kier alpha value is -3.23. The summed E-state index contributed by atoms with van der Waals surface area (Å²) in [5.74, 6) is -0.498. The van der Waals surface area contributed by atoms with Gasteiger partial charge in [0.1, 0.15) is 5.60 Å². The normalized spacial score (nSPS) is 25.7. The van der Waals surface area contributed by atoms with Crippen LogP contribution in [0.1, 0.15) is 39.0 Å². The van der Waals surface area contributed by atoms with Gasteiger partial charge in [-0.2, -0.15) is 5.26 Å². The smallest absolute Gasteiger partial charge is 0.170 e. The van der Waals surface area contributed by atoms with E-state index in [4.69, 9.17) is 21.6 Å². The van der Waals surface area contributed by atoms with Gasteiger partial charge in [-0.05, 0) is 47.4 Å². The number of rotatable bonds is 5. The van der Waals surface area contributed by atoms with Crippen LogP contribution in [0.25, 0.3) is 0 Å². The van der Waals surface area contributed by atoms with Gasteiger partial charge in [-0.25, -0.2) is 0 Å². The Balaban J connectivity index is 1.67. The highest BCUT2D eigenvalue weighted by atomic mass is 35.5. The summed E-state index contributed by atoms with van der Waals surface area (Å²) in [5, 5.41) is 19.8. The maximum Gasteiger partial charge on any atom is 0.170 e. The first-order valence-electron chi connectivity index (χ1n) is 10.9. The van der Waals surface area contributed by atoms with Crippen LogP contribution in [0.5, 0.6) is 0 Å². The molecule has 4 nitrogen and oxygen atoms in total. The highest BCUT2D eigenvalue weighted by Gasteiger charge is 2.55. The minimum absolute atomic E-state index is 0.0208. The first-order chi connectivity index (χ1) is 16.0. The second-order valence-electron chi connectivity index (χ2n) is 8.56. The molecule has 5 heteroatoms. The molecule has 0 aromatic heterocycles. The summed E-state index contributed by atoms with van der Waals surface area (Å²) in [4.78, 5) is 13.8. The van der Waals surface area contributed by atoms with E-state index in [2.05, 4.69) is 6.07 Å². The number of Topliss-reactive ketones (excluding diaryl/α,β-unsaturated/α-hetero) is 1. The fourth-order valence-corrected chi connectivity index (χ4v) is 5.14. The molecule has 2 aliphatic carbocycles. The summed E-state index contributed by atoms with van der Waals surface area (Å²) in [6, 6.07) is 24.5. The second kappa shape index (κ2) is 8.61. The van der Waals surface area contributed by atoms with E-state index in [-0.39, 0.29) is 11.9 Å². The average Bonchev–Trinajstić information content (AvgIpc) is 3.35. The van der Waals surface area contributed by atoms with Gasteiger partial charge in [0.25, 0.3) is 0 Å². The molecule has 1 N–H and O–H groups in total. The minimum Gasteiger partial charge on any atom is -0.389 e. The molecule has 0 spiro atoms. The topological polar surface area (TPSA) is 70.3 Å². The van der Waals surface area contributed by atoms with E-state index in [0.29, 0.717) is 29.0 Å². The lowest BCUT2D eigenvalue weighted by Crippen LogP contribution is -2.41. The van der Waals surface area contributed by atoms with Gasteiger partial charge in [-0.3, -0.25) is 4.79 Å². The number of fused-ring (bicyclic) bond motifs is 1. The maximum absolute atomic E-state index is 13.8. The molecule has 0 bridgehead atoms. The van der Waals surface area contributed by atoms with Crippen LogP contribution in [0.3, 0.4) is 0 Å². The summed E-state index contributed by atoms with van der Waals surface area (Å²) in [6.07, 6.45) is 3.58. The van der Waals surface area contributed by atoms with E-state index in [1.165, 1.54) is 0 Å². The van der Waals surface area contributed by atoms with Crippen molar-refractivity contribution in [2.24, 2.45) is 5.92 Å². The zero-order chi connectivity index (χ0) is 23.0. The highest BCUT2D eigenvalue weighted by Crippen LogP contribution is 2.51. The predicted molar refractivity (Wildman–Crippen MR) is 126 cm³/mol. The molecule has 4 atom stereocenters. The Morgan fingerprint density at radius 2 is 1.76 bits per heavy atom. The van der Waals surface area contributed by atoms with Gasteiger partial charge in [0.2, 0.25) is 0 Å². The molecule has 33 heavy (non-hydrogen) atoms. The Morgan fingerprint density at radius 3 is 2.42 bits per heavy atom. The average molecular weight is 456 g/mol. The van der Waals surface area contributed by atoms with Crippen molar-refractivity contribution in [2.45, 2.75) is 30.7 Å². The molecule has 0 fully saturated rings. The second-order valence-corrected chi connectivity index (χ2v) is 9.00. The van der Waals surface area contributed by atoms with E-state index in [0.717, 1.165) is 16.7 Å². The third-order valence-corrected chi connectivity index (χ3v) is 6.81. The molecular weight excluding hydrogens is 434 g/mol. The zero-order valence-electron chi connectivity index (χ0n) is 17.8. The van der Waals surface area contributed by atoms with Gasteiger partial charge in [-0.1, -0.05) is 72.3 Å². The van der Waals surface area contributed by atoms with Gasteiger partial charge in [-0.15, -0.1) is 0 Å². The van der Waals surface area contributed by atoms with Crippen LogP contribution in [0.2, 0.25) is 5.02 Å². The molecule has 3 aromatic carbocycles. The van der Waals surface area contributed by atoms with E-state index < -0.39 is 17.6 Å². The van der Waals surface area contributed by atoms with Crippen LogP contribution in [-0.2, 0) is 16.8 Å². The van der Waals surface area contributed by atoms with Crippen LogP contribution in [0, 0.1) is 17.2 Å². The molecule has 164 valence electrons. The number of aliphatic hydroxyl groups is 1. The van der Waals surface area contributed by atoms with Crippen LogP contribution in [0.4, 0.5) is 0 Å². The molecule has 2 aliphatic rings. The number of halogens is 1. The van der Waals surface area contributed by atoms with Crippen molar-refractivity contribution in [2.75, 3.05) is 0 Å². The Bertz CT molecular complexity index is 1260. The fraction of sp³-hybridized carbons (Fsp3) is 0.214. The van der Waals surface area contributed by atoms with Crippen molar-refractivity contribution >= 4 is 17.4 Å². The third kappa shape index (κ3) is 3.79. The van der Waals surface area contributed by atoms with Gasteiger partial charge >= 0.3 is 0 Å². The summed E-state index contributed by atoms with van der Waals surface area (Å²) in [6.45, 7) is 0. The van der Waals surface area contributed by atoms with Crippen LogP contribution < -0.4 is 0 Å². The summed E-state index contributed by atoms with van der Waals surface area (Å²) in [5.41, 5.74) is 2.80. The maximum atomic E-state index is 13.8. The van der Waals surface area contributed by atoms with Crippen molar-refractivity contribution in [1.29, 1.82) is 5.26 Å². The van der Waals surface area contributed by atoms with Crippen molar-refractivity contribution in [3.8, 4) is 6.07 Å². The predicted octanol–water partition coefficient (Wildman–Crippen LogP) is 5.22. The van der Waals surface area contributed by atoms with Crippen molar-refractivity contribution < 1.29 is 14.6 Å². The lowest BCUT2D eigenvalue weighted by atomic mass is 9.77. The lowest BCUT2D eigenvalue weighted by molar-refractivity contribution is -0.0803. The molecular formula is C28H22ClNO3. The van der Waals surface area contributed by atoms with E-state index in [1.807, 2.05) is 66.7 Å². The quantitative estimate of drug-likeness (QED) is 0.536. The number of nitriles is 1. The van der Waals surface area contributed by atoms with E-state index in [1.54, 1.807) is 18.2 Å². The highest BCUT2D eigenvalue weighted by molar-refractivity contribution is 6.30. The number of carbonyl (C=O) groups is 1. The largest absolute Gasteiger partial charge is 0.389 e. The molecule has 5 rings (SSSR count).